The molecule has 0 aliphatic rings. The zero-order chi connectivity index (χ0) is 16.5. The van der Waals surface area contributed by atoms with Gasteiger partial charge in [-0.1, -0.05) is 53.4 Å². The molecule has 0 fully saturated rings. The largest absolute Gasteiger partial charge is 1.00 e. The molecule has 8 heteroatoms. The molecule has 0 rings (SSSR count). The molecule has 0 aromatic rings. The van der Waals surface area contributed by atoms with Gasteiger partial charge in [0.25, 0.3) is 0 Å². The van der Waals surface area contributed by atoms with Gasteiger partial charge in [0.15, 0.2) is 0 Å². The van der Waals surface area contributed by atoms with E-state index in [-0.39, 0.29) is 95.9 Å². The number of quaternary nitrogens is 4. The Morgan fingerprint density at radius 3 is 0.500 bits per heavy atom. The van der Waals surface area contributed by atoms with E-state index in [0.29, 0.717) is 0 Å². The van der Waals surface area contributed by atoms with Crippen LogP contribution in [-0.2, 0) is 0 Å². The zero-order valence-corrected chi connectivity index (χ0v) is 25.5. The summed E-state index contributed by atoms with van der Waals surface area (Å²) < 4.78 is 0. The van der Waals surface area contributed by atoms with E-state index in [2.05, 4.69) is 50.6 Å². The fourth-order valence-corrected chi connectivity index (χ4v) is 1.000. The first kappa shape index (κ1) is 50.5. The first-order valence-corrected chi connectivity index (χ1v) is 8.83. The molecule has 0 bridgehead atoms. The summed E-state index contributed by atoms with van der Waals surface area (Å²) in [7, 11) is 0. The van der Waals surface area contributed by atoms with Gasteiger partial charge in [0.2, 0.25) is 0 Å². The van der Waals surface area contributed by atoms with Crippen molar-refractivity contribution < 1.29 is 119 Å². The van der Waals surface area contributed by atoms with E-state index in [1.54, 1.807) is 0 Å². The lowest BCUT2D eigenvalue weighted by Gasteiger charge is -1.77. The standard InChI is InChI=1S/4C4H11N.4HI/c4*1-2-3-4-5;;;;/h4*2-5H2,1H3;4*1H. The van der Waals surface area contributed by atoms with Crippen molar-refractivity contribution in [3.05, 3.63) is 0 Å². The third-order valence-corrected chi connectivity index (χ3v) is 2.41. The third kappa shape index (κ3) is 121. The van der Waals surface area contributed by atoms with Gasteiger partial charge in [-0.15, -0.1) is 0 Å². The maximum atomic E-state index is 3.68. The molecule has 0 saturated carbocycles. The molecule has 0 aromatic heterocycles. The van der Waals surface area contributed by atoms with Crippen LogP contribution in [0.5, 0.6) is 0 Å². The van der Waals surface area contributed by atoms with Crippen molar-refractivity contribution in [3.8, 4) is 0 Å². The Bertz CT molecular complexity index is 84.1. The Balaban J connectivity index is -0.0000000225. The molecule has 0 spiro atoms. The summed E-state index contributed by atoms with van der Waals surface area (Å²) in [4.78, 5) is 0. The van der Waals surface area contributed by atoms with E-state index in [0.717, 1.165) is 26.2 Å². The highest BCUT2D eigenvalue weighted by atomic mass is 127. The quantitative estimate of drug-likeness (QED) is 0.175. The van der Waals surface area contributed by atoms with Crippen LogP contribution < -0.4 is 119 Å². The molecule has 0 heterocycles. The van der Waals surface area contributed by atoms with Crippen molar-refractivity contribution in [1.82, 2.24) is 0 Å². The molecule has 0 unspecified atom stereocenters. The summed E-state index contributed by atoms with van der Waals surface area (Å²) in [5.74, 6) is 0. The van der Waals surface area contributed by atoms with Crippen LogP contribution in [0.2, 0.25) is 0 Å². The molecule has 0 amide bonds. The van der Waals surface area contributed by atoms with Crippen molar-refractivity contribution in [1.29, 1.82) is 0 Å². The molecule has 24 heavy (non-hydrogen) atoms. The average molecular weight is 804 g/mol. The van der Waals surface area contributed by atoms with Crippen molar-refractivity contribution in [2.75, 3.05) is 26.2 Å². The summed E-state index contributed by atoms with van der Waals surface area (Å²) in [6.45, 7) is 13.1. The predicted octanol–water partition coefficient (Wildman–Crippen LogP) is -11.9. The van der Waals surface area contributed by atoms with Gasteiger partial charge in [0, 0.05) is 0 Å². The number of hydrogen-bond acceptors (Lipinski definition) is 0. The van der Waals surface area contributed by atoms with Crippen LogP contribution in [0.25, 0.3) is 0 Å². The molecule has 0 radical (unpaired) electrons. The lowest BCUT2D eigenvalue weighted by molar-refractivity contribution is -0.368. The predicted molar refractivity (Wildman–Crippen MR) is 90.7 cm³/mol. The smallest absolute Gasteiger partial charge is 0.0739 e. The van der Waals surface area contributed by atoms with Crippen molar-refractivity contribution >= 4 is 0 Å². The maximum absolute atomic E-state index is 3.68. The molecule has 0 aliphatic heterocycles. The van der Waals surface area contributed by atoms with Gasteiger partial charge in [-0.3, -0.25) is 0 Å². The highest BCUT2D eigenvalue weighted by Crippen LogP contribution is 1.77. The van der Waals surface area contributed by atoms with Crippen LogP contribution in [0.3, 0.4) is 0 Å². The molecule has 0 saturated heterocycles. The summed E-state index contributed by atoms with van der Waals surface area (Å²) in [6.07, 6.45) is 10.2. The third-order valence-electron chi connectivity index (χ3n) is 2.41. The molecule has 0 aromatic carbocycles. The van der Waals surface area contributed by atoms with Gasteiger partial charge in [0.05, 0.1) is 26.2 Å². The van der Waals surface area contributed by atoms with Crippen molar-refractivity contribution in [2.45, 2.75) is 79.1 Å². The lowest BCUT2D eigenvalue weighted by atomic mass is 10.3. The van der Waals surface area contributed by atoms with E-state index in [9.17, 15) is 0 Å². The minimum Gasteiger partial charge on any atom is -1.00 e. The van der Waals surface area contributed by atoms with Crippen LogP contribution >= 0.6 is 0 Å². The van der Waals surface area contributed by atoms with Gasteiger partial charge in [-0.2, -0.15) is 0 Å². The van der Waals surface area contributed by atoms with Crippen LogP contribution in [0, 0.1) is 0 Å². The number of unbranched alkanes of at least 4 members (excludes halogenated alkanes) is 4. The minimum atomic E-state index is 0. The van der Waals surface area contributed by atoms with Gasteiger partial charge in [0.1, 0.15) is 0 Å². The second-order valence-corrected chi connectivity index (χ2v) is 4.83. The molecular formula is C16H48I4N4. The highest BCUT2D eigenvalue weighted by Gasteiger charge is 1.72. The molecule has 0 atom stereocenters. The SMILES string of the molecule is CCCC[NH3+].CCCC[NH3+].CCCC[NH3+].CCCC[NH3+].[I-].[I-].[I-].[I-]. The van der Waals surface area contributed by atoms with Crippen molar-refractivity contribution in [3.63, 3.8) is 0 Å². The van der Waals surface area contributed by atoms with Gasteiger partial charge < -0.3 is 119 Å². The first-order valence-electron chi connectivity index (χ1n) is 8.83. The monoisotopic (exact) mass is 804 g/mol. The number of hydrogen-bond donors (Lipinski definition) is 4. The van der Waals surface area contributed by atoms with E-state index in [1.807, 2.05) is 0 Å². The van der Waals surface area contributed by atoms with Gasteiger partial charge in [-0.05, 0) is 25.7 Å². The zero-order valence-electron chi connectivity index (χ0n) is 16.8. The molecule has 160 valence electrons. The lowest BCUT2D eigenvalue weighted by Crippen LogP contribution is -3.00. The number of halogens is 4. The second-order valence-electron chi connectivity index (χ2n) is 4.83. The van der Waals surface area contributed by atoms with E-state index >= 15 is 0 Å². The Labute approximate surface area is 221 Å². The summed E-state index contributed by atoms with van der Waals surface area (Å²) in [5, 5.41) is 0. The Morgan fingerprint density at radius 1 is 0.375 bits per heavy atom. The van der Waals surface area contributed by atoms with Gasteiger partial charge >= 0.3 is 0 Å². The Kier molecular flexibility index (Phi) is 152. The van der Waals surface area contributed by atoms with Crippen molar-refractivity contribution in [2.24, 2.45) is 0 Å². The topological polar surface area (TPSA) is 111 Å². The fourth-order valence-electron chi connectivity index (χ4n) is 1.000. The first-order chi connectivity index (χ1) is 9.66. The summed E-state index contributed by atoms with van der Waals surface area (Å²) in [5.41, 5.74) is 14.7. The summed E-state index contributed by atoms with van der Waals surface area (Å²) >= 11 is 0. The van der Waals surface area contributed by atoms with E-state index in [4.69, 9.17) is 0 Å². The minimum absolute atomic E-state index is 0. The molecule has 4 nitrogen and oxygen atoms in total. The fraction of sp³-hybridized carbons (Fsp3) is 1.00. The summed E-state index contributed by atoms with van der Waals surface area (Å²) in [6, 6.07) is 0. The molecular weight excluding hydrogens is 756 g/mol. The van der Waals surface area contributed by atoms with Crippen LogP contribution in [0.1, 0.15) is 79.1 Å². The van der Waals surface area contributed by atoms with Crippen LogP contribution in [0.4, 0.5) is 0 Å². The van der Waals surface area contributed by atoms with E-state index < -0.39 is 0 Å². The van der Waals surface area contributed by atoms with Crippen LogP contribution in [0.15, 0.2) is 0 Å². The average Bonchev–Trinajstić information content (AvgIpc) is 2.44. The van der Waals surface area contributed by atoms with Gasteiger partial charge in [-0.25, -0.2) is 0 Å². The Morgan fingerprint density at radius 2 is 0.500 bits per heavy atom. The normalized spacial score (nSPS) is 7.00. The Hall–Kier alpha value is 2.76. The second kappa shape index (κ2) is 72.5. The molecule has 12 N–H and O–H groups in total. The van der Waals surface area contributed by atoms with E-state index in [1.165, 1.54) is 51.4 Å². The maximum Gasteiger partial charge on any atom is 0.0739 e. The number of rotatable bonds is 8. The molecule has 0 aliphatic carbocycles. The highest BCUT2D eigenvalue weighted by molar-refractivity contribution is 4.23. The van der Waals surface area contributed by atoms with Crippen LogP contribution in [-0.4, -0.2) is 26.2 Å².